The summed E-state index contributed by atoms with van der Waals surface area (Å²) in [5.74, 6) is -0.880. The normalized spacial score (nSPS) is 15.1. The van der Waals surface area contributed by atoms with E-state index in [1.807, 2.05) is 0 Å². The number of amides is 1. The number of piperazine rings is 1. The zero-order chi connectivity index (χ0) is 18.7. The van der Waals surface area contributed by atoms with Crippen molar-refractivity contribution in [1.82, 2.24) is 9.80 Å². The first-order chi connectivity index (χ1) is 12.5. The Labute approximate surface area is 155 Å². The van der Waals surface area contributed by atoms with Gasteiger partial charge in [-0.15, -0.1) is 0 Å². The van der Waals surface area contributed by atoms with Crippen molar-refractivity contribution in [2.24, 2.45) is 0 Å². The van der Waals surface area contributed by atoms with Gasteiger partial charge in [0.05, 0.1) is 25.5 Å². The van der Waals surface area contributed by atoms with Crippen molar-refractivity contribution in [2.45, 2.75) is 6.54 Å². The number of ether oxygens (including phenoxy) is 1. The van der Waals surface area contributed by atoms with Crippen molar-refractivity contribution in [2.75, 3.05) is 33.3 Å². The molecule has 1 amide bonds. The number of hydrogen-bond acceptors (Lipinski definition) is 5. The van der Waals surface area contributed by atoms with Crippen molar-refractivity contribution >= 4 is 23.5 Å². The lowest BCUT2D eigenvalue weighted by molar-refractivity contribution is 0.0589. The van der Waals surface area contributed by atoms with E-state index >= 15 is 0 Å². The molecule has 8 heteroatoms. The van der Waals surface area contributed by atoms with Crippen LogP contribution in [0.1, 0.15) is 26.5 Å². The minimum Gasteiger partial charge on any atom is -0.467 e. The lowest BCUT2D eigenvalue weighted by Crippen LogP contribution is -2.48. The van der Waals surface area contributed by atoms with Crippen LogP contribution < -0.4 is 0 Å². The maximum atomic E-state index is 13.9. The first-order valence-corrected chi connectivity index (χ1v) is 8.48. The number of nitrogens with zero attached hydrogens (tertiary/aromatic N) is 2. The van der Waals surface area contributed by atoms with Gasteiger partial charge in [-0.05, 0) is 24.3 Å². The molecule has 1 fully saturated rings. The molecule has 0 saturated carbocycles. The average Bonchev–Trinajstić information content (AvgIpc) is 3.11. The maximum absolute atomic E-state index is 13.9. The maximum Gasteiger partial charge on any atom is 0.341 e. The first kappa shape index (κ1) is 18.4. The Hall–Kier alpha value is -2.38. The van der Waals surface area contributed by atoms with Crippen molar-refractivity contribution in [3.8, 4) is 0 Å². The highest BCUT2D eigenvalue weighted by Crippen LogP contribution is 2.19. The number of halogens is 2. The molecule has 0 radical (unpaired) electrons. The Morgan fingerprint density at radius 3 is 2.62 bits per heavy atom. The van der Waals surface area contributed by atoms with Crippen LogP contribution >= 0.6 is 11.6 Å². The van der Waals surface area contributed by atoms with Gasteiger partial charge in [-0.1, -0.05) is 11.6 Å². The molecule has 1 aromatic carbocycles. The number of methoxy groups -OCH3 is 1. The second-order valence-corrected chi connectivity index (χ2v) is 6.38. The number of carbonyl (C=O) groups is 2. The standard InChI is InChI=1S/C18H18ClFN2O4/c1-25-18(24)13-4-9-26-16(13)11-21-5-7-22(8-6-21)17(23)14-10-12(19)2-3-15(14)20/h2-4,9-10H,5-8,11H2,1H3. The molecule has 0 N–H and O–H groups in total. The van der Waals surface area contributed by atoms with Gasteiger partial charge in [-0.2, -0.15) is 0 Å². The van der Waals surface area contributed by atoms with E-state index in [-0.39, 0.29) is 11.5 Å². The van der Waals surface area contributed by atoms with E-state index in [1.165, 1.54) is 31.6 Å². The predicted octanol–water partition coefficient (Wildman–Crippen LogP) is 2.82. The molecule has 26 heavy (non-hydrogen) atoms. The van der Waals surface area contributed by atoms with Crippen LogP contribution in [-0.4, -0.2) is 55.0 Å². The van der Waals surface area contributed by atoms with Gasteiger partial charge < -0.3 is 14.1 Å². The smallest absolute Gasteiger partial charge is 0.341 e. The highest BCUT2D eigenvalue weighted by Gasteiger charge is 2.26. The van der Waals surface area contributed by atoms with Gasteiger partial charge in [0.2, 0.25) is 0 Å². The summed E-state index contributed by atoms with van der Waals surface area (Å²) in [5, 5.41) is 0.321. The van der Waals surface area contributed by atoms with Crippen LogP contribution in [0, 0.1) is 5.82 Å². The number of hydrogen-bond donors (Lipinski definition) is 0. The van der Waals surface area contributed by atoms with Gasteiger partial charge in [-0.25, -0.2) is 9.18 Å². The van der Waals surface area contributed by atoms with Crippen LogP contribution in [0.2, 0.25) is 5.02 Å². The van der Waals surface area contributed by atoms with E-state index in [9.17, 15) is 14.0 Å². The Morgan fingerprint density at radius 2 is 1.92 bits per heavy atom. The largest absolute Gasteiger partial charge is 0.467 e. The molecule has 0 unspecified atom stereocenters. The number of benzene rings is 1. The third kappa shape index (κ3) is 3.89. The SMILES string of the molecule is COC(=O)c1ccoc1CN1CCN(C(=O)c2cc(Cl)ccc2F)CC1. The Kier molecular flexibility index (Phi) is 5.58. The molecular formula is C18H18ClFN2O4. The van der Waals surface area contributed by atoms with Gasteiger partial charge in [0.1, 0.15) is 17.1 Å². The zero-order valence-corrected chi connectivity index (χ0v) is 15.0. The van der Waals surface area contributed by atoms with Crippen LogP contribution in [0.25, 0.3) is 0 Å². The average molecular weight is 381 g/mol. The lowest BCUT2D eigenvalue weighted by atomic mass is 10.1. The molecular weight excluding hydrogens is 363 g/mol. The molecule has 0 aliphatic carbocycles. The summed E-state index contributed by atoms with van der Waals surface area (Å²) >= 11 is 5.86. The summed E-state index contributed by atoms with van der Waals surface area (Å²) in [5.41, 5.74) is 0.372. The lowest BCUT2D eigenvalue weighted by Gasteiger charge is -2.34. The molecule has 1 aliphatic rings. The van der Waals surface area contributed by atoms with E-state index in [4.69, 9.17) is 20.8 Å². The molecule has 2 heterocycles. The van der Waals surface area contributed by atoms with Crippen molar-refractivity contribution in [1.29, 1.82) is 0 Å². The number of rotatable bonds is 4. The van der Waals surface area contributed by atoms with E-state index in [1.54, 1.807) is 11.0 Å². The minimum atomic E-state index is -0.583. The second-order valence-electron chi connectivity index (χ2n) is 5.94. The molecule has 6 nitrogen and oxygen atoms in total. The minimum absolute atomic E-state index is 0.0232. The second kappa shape index (κ2) is 7.88. The predicted molar refractivity (Wildman–Crippen MR) is 92.6 cm³/mol. The van der Waals surface area contributed by atoms with E-state index in [0.717, 1.165) is 0 Å². The summed E-state index contributed by atoms with van der Waals surface area (Å²) in [6.45, 7) is 2.48. The fourth-order valence-corrected chi connectivity index (χ4v) is 3.07. The van der Waals surface area contributed by atoms with Gasteiger partial charge >= 0.3 is 5.97 Å². The number of furan rings is 1. The Morgan fingerprint density at radius 1 is 1.19 bits per heavy atom. The highest BCUT2D eigenvalue weighted by molar-refractivity contribution is 6.31. The van der Waals surface area contributed by atoms with E-state index in [2.05, 4.69) is 4.90 Å². The van der Waals surface area contributed by atoms with Crippen LogP contribution in [-0.2, 0) is 11.3 Å². The quantitative estimate of drug-likeness (QED) is 0.763. The summed E-state index contributed by atoms with van der Waals surface area (Å²) in [7, 11) is 1.32. The molecule has 0 atom stereocenters. The topological polar surface area (TPSA) is 63.0 Å². The number of esters is 1. The monoisotopic (exact) mass is 380 g/mol. The highest BCUT2D eigenvalue weighted by atomic mass is 35.5. The van der Waals surface area contributed by atoms with Gasteiger partial charge in [0.25, 0.3) is 5.91 Å². The fraction of sp³-hybridized carbons (Fsp3) is 0.333. The fourth-order valence-electron chi connectivity index (χ4n) is 2.90. The summed E-state index contributed by atoms with van der Waals surface area (Å²) in [6.07, 6.45) is 1.45. The zero-order valence-electron chi connectivity index (χ0n) is 14.2. The number of carbonyl (C=O) groups excluding carboxylic acids is 2. The van der Waals surface area contributed by atoms with E-state index < -0.39 is 11.8 Å². The Bertz CT molecular complexity index is 815. The van der Waals surface area contributed by atoms with Crippen LogP contribution in [0.4, 0.5) is 4.39 Å². The third-order valence-corrected chi connectivity index (χ3v) is 4.57. The van der Waals surface area contributed by atoms with Crippen LogP contribution in [0.3, 0.4) is 0 Å². The molecule has 1 aromatic heterocycles. The molecule has 0 bridgehead atoms. The Balaban J connectivity index is 1.61. The molecule has 1 aliphatic heterocycles. The van der Waals surface area contributed by atoms with Crippen molar-refractivity contribution in [3.63, 3.8) is 0 Å². The molecule has 1 saturated heterocycles. The molecule has 3 rings (SSSR count). The molecule has 138 valence electrons. The van der Waals surface area contributed by atoms with Gasteiger partial charge in [0.15, 0.2) is 0 Å². The van der Waals surface area contributed by atoms with Crippen LogP contribution in [0.5, 0.6) is 0 Å². The summed E-state index contributed by atoms with van der Waals surface area (Å²) in [4.78, 5) is 27.9. The third-order valence-electron chi connectivity index (χ3n) is 4.34. The summed E-state index contributed by atoms with van der Waals surface area (Å²) < 4.78 is 24.0. The van der Waals surface area contributed by atoms with E-state index in [0.29, 0.717) is 49.1 Å². The first-order valence-electron chi connectivity index (χ1n) is 8.11. The molecule has 2 aromatic rings. The van der Waals surface area contributed by atoms with Gasteiger partial charge in [-0.3, -0.25) is 9.69 Å². The summed E-state index contributed by atoms with van der Waals surface area (Å²) in [6, 6.07) is 5.52. The van der Waals surface area contributed by atoms with Crippen molar-refractivity contribution in [3.05, 3.63) is 58.3 Å². The van der Waals surface area contributed by atoms with Gasteiger partial charge in [0, 0.05) is 31.2 Å². The van der Waals surface area contributed by atoms with Crippen molar-refractivity contribution < 1.29 is 23.1 Å². The van der Waals surface area contributed by atoms with Crippen LogP contribution in [0.15, 0.2) is 34.9 Å². The molecule has 0 spiro atoms.